The van der Waals surface area contributed by atoms with Crippen LogP contribution in [0.4, 0.5) is 0 Å². The number of benzene rings is 2. The van der Waals surface area contributed by atoms with Crippen molar-refractivity contribution >= 4 is 18.1 Å². The Balaban J connectivity index is 0.000000296. The molecular formula is C19H20O2. The topological polar surface area (TPSA) is 37.3 Å². The molecule has 0 atom stereocenters. The van der Waals surface area contributed by atoms with Gasteiger partial charge in [-0.2, -0.15) is 0 Å². The molecule has 0 saturated heterocycles. The molecule has 2 aromatic rings. The summed E-state index contributed by atoms with van der Waals surface area (Å²) in [5.74, 6) is -0.981. The number of hydrogen-bond acceptors (Lipinski definition) is 1. The minimum Gasteiger partial charge on any atom is -0.478 e. The van der Waals surface area contributed by atoms with Crippen LogP contribution in [-0.2, 0) is 4.79 Å². The summed E-state index contributed by atoms with van der Waals surface area (Å²) in [6.07, 6.45) is 4.50. The van der Waals surface area contributed by atoms with Crippen LogP contribution in [0.1, 0.15) is 11.1 Å². The van der Waals surface area contributed by atoms with Gasteiger partial charge >= 0.3 is 5.97 Å². The SMILES string of the molecule is C=CC(=O)O.C=Cc1ccccc1.C=Cc1ccccc1. The highest BCUT2D eigenvalue weighted by atomic mass is 16.4. The van der Waals surface area contributed by atoms with Crippen molar-refractivity contribution in [3.05, 3.63) is 97.6 Å². The van der Waals surface area contributed by atoms with Gasteiger partial charge in [-0.05, 0) is 11.1 Å². The van der Waals surface area contributed by atoms with Crippen molar-refractivity contribution in [3.8, 4) is 0 Å². The number of aliphatic carboxylic acids is 1. The van der Waals surface area contributed by atoms with Crippen molar-refractivity contribution in [2.45, 2.75) is 0 Å². The maximum atomic E-state index is 9.25. The van der Waals surface area contributed by atoms with Crippen molar-refractivity contribution in [1.29, 1.82) is 0 Å². The van der Waals surface area contributed by atoms with E-state index < -0.39 is 5.97 Å². The number of carboxylic acids is 1. The molecule has 0 unspecified atom stereocenters. The summed E-state index contributed by atoms with van der Waals surface area (Å²) in [6.45, 7) is 10.2. The summed E-state index contributed by atoms with van der Waals surface area (Å²) in [5, 5.41) is 7.60. The highest BCUT2D eigenvalue weighted by molar-refractivity contribution is 5.78. The van der Waals surface area contributed by atoms with Crippen LogP contribution in [-0.4, -0.2) is 11.1 Å². The molecular weight excluding hydrogens is 260 g/mol. The van der Waals surface area contributed by atoms with E-state index in [2.05, 4.69) is 19.7 Å². The fraction of sp³-hybridized carbons (Fsp3) is 0. The van der Waals surface area contributed by atoms with Crippen molar-refractivity contribution in [2.24, 2.45) is 0 Å². The fourth-order valence-corrected chi connectivity index (χ4v) is 1.18. The van der Waals surface area contributed by atoms with Crippen LogP contribution in [0, 0.1) is 0 Å². The molecule has 0 aliphatic heterocycles. The third kappa shape index (κ3) is 10.7. The number of carbonyl (C=O) groups is 1. The summed E-state index contributed by atoms with van der Waals surface area (Å²) in [6, 6.07) is 20.1. The van der Waals surface area contributed by atoms with E-state index in [-0.39, 0.29) is 0 Å². The summed E-state index contributed by atoms with van der Waals surface area (Å²) in [4.78, 5) is 9.25. The monoisotopic (exact) mass is 280 g/mol. The zero-order valence-corrected chi connectivity index (χ0v) is 12.0. The maximum absolute atomic E-state index is 9.25. The van der Waals surface area contributed by atoms with Crippen LogP contribution in [0.25, 0.3) is 12.2 Å². The third-order valence-electron chi connectivity index (χ3n) is 2.25. The highest BCUT2D eigenvalue weighted by Crippen LogP contribution is 1.98. The van der Waals surface area contributed by atoms with E-state index in [0.29, 0.717) is 0 Å². The van der Waals surface area contributed by atoms with Crippen molar-refractivity contribution in [1.82, 2.24) is 0 Å². The minimum absolute atomic E-state index is 0.833. The van der Waals surface area contributed by atoms with Crippen LogP contribution in [0.2, 0.25) is 0 Å². The average molecular weight is 280 g/mol. The molecule has 0 aliphatic rings. The zero-order valence-electron chi connectivity index (χ0n) is 12.0. The molecule has 0 spiro atoms. The first-order valence-electron chi connectivity index (χ1n) is 6.34. The Morgan fingerprint density at radius 1 is 0.762 bits per heavy atom. The van der Waals surface area contributed by atoms with Gasteiger partial charge in [-0.1, -0.05) is 92.6 Å². The van der Waals surface area contributed by atoms with Crippen molar-refractivity contribution in [2.75, 3.05) is 0 Å². The molecule has 2 aromatic carbocycles. The lowest BCUT2D eigenvalue weighted by atomic mass is 10.2. The molecule has 0 amide bonds. The van der Waals surface area contributed by atoms with Crippen LogP contribution in [0.3, 0.4) is 0 Å². The van der Waals surface area contributed by atoms with Gasteiger partial charge in [0.2, 0.25) is 0 Å². The van der Waals surface area contributed by atoms with Gasteiger partial charge in [0, 0.05) is 6.08 Å². The third-order valence-corrected chi connectivity index (χ3v) is 2.25. The fourth-order valence-electron chi connectivity index (χ4n) is 1.18. The Kier molecular flexibility index (Phi) is 10.5. The molecule has 2 heteroatoms. The summed E-state index contributed by atoms with van der Waals surface area (Å²) in [7, 11) is 0. The summed E-state index contributed by atoms with van der Waals surface area (Å²) in [5.41, 5.74) is 2.35. The number of carboxylic acid groups (broad SMARTS) is 1. The van der Waals surface area contributed by atoms with Gasteiger partial charge in [0.15, 0.2) is 0 Å². The smallest absolute Gasteiger partial charge is 0.327 e. The van der Waals surface area contributed by atoms with E-state index in [0.717, 1.165) is 6.08 Å². The lowest BCUT2D eigenvalue weighted by molar-refractivity contribution is -0.131. The molecule has 1 N–H and O–H groups in total. The molecule has 2 rings (SSSR count). The van der Waals surface area contributed by atoms with E-state index in [9.17, 15) is 4.79 Å². The standard InChI is InChI=1S/2C8H8.C3H4O2/c2*1-2-8-6-4-3-5-7-8;1-2-3(4)5/h2*2-7H,1H2;2H,1H2,(H,4,5). The molecule has 0 fully saturated rings. The van der Waals surface area contributed by atoms with Crippen LogP contribution in [0.15, 0.2) is 86.5 Å². The van der Waals surface area contributed by atoms with Crippen LogP contribution >= 0.6 is 0 Å². The highest BCUT2D eigenvalue weighted by Gasteiger charge is 1.76. The van der Waals surface area contributed by atoms with Crippen molar-refractivity contribution < 1.29 is 9.90 Å². The summed E-state index contributed by atoms with van der Waals surface area (Å²) < 4.78 is 0. The Labute approximate surface area is 126 Å². The predicted molar refractivity (Wildman–Crippen MR) is 90.9 cm³/mol. The van der Waals surface area contributed by atoms with Gasteiger partial charge in [-0.15, -0.1) is 0 Å². The molecule has 0 aromatic heterocycles. The second-order valence-corrected chi connectivity index (χ2v) is 3.77. The maximum Gasteiger partial charge on any atom is 0.327 e. The lowest BCUT2D eigenvalue weighted by Crippen LogP contribution is -1.82. The van der Waals surface area contributed by atoms with Gasteiger partial charge in [-0.3, -0.25) is 0 Å². The molecule has 0 heterocycles. The Morgan fingerprint density at radius 2 is 1.05 bits per heavy atom. The van der Waals surface area contributed by atoms with E-state index >= 15 is 0 Å². The quantitative estimate of drug-likeness (QED) is 0.810. The lowest BCUT2D eigenvalue weighted by Gasteiger charge is -1.85. The first-order valence-corrected chi connectivity index (χ1v) is 6.34. The second-order valence-electron chi connectivity index (χ2n) is 3.77. The second kappa shape index (κ2) is 12.2. The van der Waals surface area contributed by atoms with Gasteiger partial charge in [0.1, 0.15) is 0 Å². The first kappa shape index (κ1) is 18.1. The van der Waals surface area contributed by atoms with Crippen molar-refractivity contribution in [3.63, 3.8) is 0 Å². The molecule has 0 aliphatic carbocycles. The largest absolute Gasteiger partial charge is 0.478 e. The van der Waals surface area contributed by atoms with E-state index in [1.807, 2.05) is 72.8 Å². The van der Waals surface area contributed by atoms with Gasteiger partial charge in [-0.25, -0.2) is 4.79 Å². The Bertz CT molecular complexity index is 499. The van der Waals surface area contributed by atoms with E-state index in [4.69, 9.17) is 5.11 Å². The molecule has 0 radical (unpaired) electrons. The first-order chi connectivity index (χ1) is 10.1. The predicted octanol–water partition coefficient (Wildman–Crippen LogP) is 4.92. The number of hydrogen-bond donors (Lipinski definition) is 1. The molecule has 2 nitrogen and oxygen atoms in total. The average Bonchev–Trinajstić information content (AvgIpc) is 2.57. The molecule has 108 valence electrons. The summed E-state index contributed by atoms with van der Waals surface area (Å²) >= 11 is 0. The Morgan fingerprint density at radius 3 is 1.19 bits per heavy atom. The Hall–Kier alpha value is -2.87. The normalized spacial score (nSPS) is 8.00. The van der Waals surface area contributed by atoms with Gasteiger partial charge < -0.3 is 5.11 Å². The van der Waals surface area contributed by atoms with E-state index in [1.54, 1.807) is 0 Å². The van der Waals surface area contributed by atoms with Crippen LogP contribution < -0.4 is 0 Å². The van der Waals surface area contributed by atoms with Gasteiger partial charge in [0.05, 0.1) is 0 Å². The molecule has 21 heavy (non-hydrogen) atoms. The zero-order chi connectivity index (χ0) is 15.9. The minimum atomic E-state index is -0.981. The van der Waals surface area contributed by atoms with Gasteiger partial charge in [0.25, 0.3) is 0 Å². The number of rotatable bonds is 3. The van der Waals surface area contributed by atoms with E-state index in [1.165, 1.54) is 11.1 Å². The molecule has 0 saturated carbocycles. The molecule has 0 bridgehead atoms. The van der Waals surface area contributed by atoms with Crippen LogP contribution in [0.5, 0.6) is 0 Å².